The van der Waals surface area contributed by atoms with Gasteiger partial charge in [-0.25, -0.2) is 4.39 Å². The fourth-order valence-electron chi connectivity index (χ4n) is 0.868. The van der Waals surface area contributed by atoms with Crippen molar-refractivity contribution in [3.63, 3.8) is 0 Å². The van der Waals surface area contributed by atoms with Crippen LogP contribution in [0.4, 0.5) is 4.39 Å². The molecule has 1 aromatic carbocycles. The van der Waals surface area contributed by atoms with E-state index in [0.29, 0.717) is 6.42 Å². The highest BCUT2D eigenvalue weighted by atomic mass is 19.1. The Hall–Kier alpha value is -1.15. The Bertz CT molecular complexity index is 251. The zero-order valence-corrected chi connectivity index (χ0v) is 6.70. The van der Waals surface area contributed by atoms with E-state index in [-0.39, 0.29) is 12.4 Å². The minimum atomic E-state index is -0.227. The molecule has 0 amide bonds. The molecule has 0 aliphatic heterocycles. The third-order valence-corrected chi connectivity index (χ3v) is 1.48. The maximum absolute atomic E-state index is 12.4. The number of aliphatic hydroxyl groups is 1. The van der Waals surface area contributed by atoms with Crippen LogP contribution in [-0.4, -0.2) is 11.7 Å². The van der Waals surface area contributed by atoms with Gasteiger partial charge in [0.2, 0.25) is 0 Å². The third kappa shape index (κ3) is 2.84. The van der Waals surface area contributed by atoms with Crippen LogP contribution in [0.5, 0.6) is 0 Å². The van der Waals surface area contributed by atoms with Crippen molar-refractivity contribution in [2.45, 2.75) is 6.42 Å². The molecule has 1 rings (SSSR count). The maximum Gasteiger partial charge on any atom is 0.123 e. The topological polar surface area (TPSA) is 20.2 Å². The molecule has 0 fully saturated rings. The molecule has 0 aromatic heterocycles. The summed E-state index contributed by atoms with van der Waals surface area (Å²) in [5, 5.41) is 8.48. The molecule has 1 aromatic rings. The summed E-state index contributed by atoms with van der Waals surface area (Å²) >= 11 is 0. The Morgan fingerprint density at radius 1 is 1.25 bits per heavy atom. The first-order valence-electron chi connectivity index (χ1n) is 3.86. The SMILES string of the molecule is OCC/C=C/c1ccc(F)cc1. The van der Waals surface area contributed by atoms with E-state index in [1.165, 1.54) is 12.1 Å². The van der Waals surface area contributed by atoms with Gasteiger partial charge < -0.3 is 5.11 Å². The molecular formula is C10H11FO. The molecule has 64 valence electrons. The highest BCUT2D eigenvalue weighted by molar-refractivity contribution is 5.48. The molecule has 0 saturated heterocycles. The molecule has 12 heavy (non-hydrogen) atoms. The summed E-state index contributed by atoms with van der Waals surface area (Å²) in [7, 11) is 0. The number of aliphatic hydroxyl groups excluding tert-OH is 1. The lowest BCUT2D eigenvalue weighted by Gasteiger charge is -1.91. The zero-order chi connectivity index (χ0) is 8.81. The standard InChI is InChI=1S/C10H11FO/c11-10-6-4-9(5-7-10)3-1-2-8-12/h1,3-7,12H,2,8H2/b3-1+. The maximum atomic E-state index is 12.4. The van der Waals surface area contributed by atoms with Crippen LogP contribution >= 0.6 is 0 Å². The Morgan fingerprint density at radius 3 is 2.50 bits per heavy atom. The molecule has 0 spiro atoms. The highest BCUT2D eigenvalue weighted by Crippen LogP contribution is 2.04. The van der Waals surface area contributed by atoms with Crippen molar-refractivity contribution in [2.75, 3.05) is 6.61 Å². The summed E-state index contributed by atoms with van der Waals surface area (Å²) < 4.78 is 12.4. The lowest BCUT2D eigenvalue weighted by molar-refractivity contribution is 0.303. The lowest BCUT2D eigenvalue weighted by atomic mass is 10.2. The summed E-state index contributed by atoms with van der Waals surface area (Å²) in [6, 6.07) is 6.23. The predicted octanol–water partition coefficient (Wildman–Crippen LogP) is 2.22. The van der Waals surface area contributed by atoms with E-state index in [2.05, 4.69) is 0 Å². The lowest BCUT2D eigenvalue weighted by Crippen LogP contribution is -1.77. The normalized spacial score (nSPS) is 10.8. The van der Waals surface area contributed by atoms with Gasteiger partial charge in [-0.05, 0) is 24.1 Å². The number of rotatable bonds is 3. The van der Waals surface area contributed by atoms with Gasteiger partial charge in [-0.2, -0.15) is 0 Å². The van der Waals surface area contributed by atoms with Gasteiger partial charge in [0.1, 0.15) is 5.82 Å². The van der Waals surface area contributed by atoms with E-state index in [9.17, 15) is 4.39 Å². The van der Waals surface area contributed by atoms with Gasteiger partial charge in [-0.3, -0.25) is 0 Å². The largest absolute Gasteiger partial charge is 0.396 e. The molecule has 0 unspecified atom stereocenters. The molecule has 0 heterocycles. The van der Waals surface area contributed by atoms with Crippen molar-refractivity contribution in [1.82, 2.24) is 0 Å². The second kappa shape index (κ2) is 4.67. The van der Waals surface area contributed by atoms with E-state index in [1.807, 2.05) is 12.2 Å². The van der Waals surface area contributed by atoms with Crippen LogP contribution < -0.4 is 0 Å². The average Bonchev–Trinajstić information content (AvgIpc) is 2.09. The monoisotopic (exact) mass is 166 g/mol. The first-order valence-corrected chi connectivity index (χ1v) is 3.86. The Kier molecular flexibility index (Phi) is 3.48. The van der Waals surface area contributed by atoms with E-state index < -0.39 is 0 Å². The van der Waals surface area contributed by atoms with E-state index in [0.717, 1.165) is 5.56 Å². The highest BCUT2D eigenvalue weighted by Gasteiger charge is 1.87. The van der Waals surface area contributed by atoms with Crippen molar-refractivity contribution in [2.24, 2.45) is 0 Å². The predicted molar refractivity (Wildman–Crippen MR) is 47.1 cm³/mol. The summed E-state index contributed by atoms with van der Waals surface area (Å²) in [4.78, 5) is 0. The van der Waals surface area contributed by atoms with Gasteiger partial charge >= 0.3 is 0 Å². The van der Waals surface area contributed by atoms with Gasteiger partial charge in [-0.1, -0.05) is 24.3 Å². The third-order valence-electron chi connectivity index (χ3n) is 1.48. The zero-order valence-electron chi connectivity index (χ0n) is 6.70. The van der Waals surface area contributed by atoms with Crippen LogP contribution in [0.2, 0.25) is 0 Å². The molecule has 0 atom stereocenters. The number of benzene rings is 1. The summed E-state index contributed by atoms with van der Waals surface area (Å²) in [5.74, 6) is -0.227. The minimum absolute atomic E-state index is 0.150. The number of hydrogen-bond acceptors (Lipinski definition) is 1. The smallest absolute Gasteiger partial charge is 0.123 e. The first-order chi connectivity index (χ1) is 5.83. The quantitative estimate of drug-likeness (QED) is 0.730. The second-order valence-electron chi connectivity index (χ2n) is 2.47. The van der Waals surface area contributed by atoms with E-state index >= 15 is 0 Å². The number of halogens is 1. The van der Waals surface area contributed by atoms with Gasteiger partial charge in [0.15, 0.2) is 0 Å². The molecular weight excluding hydrogens is 155 g/mol. The molecule has 0 aliphatic rings. The van der Waals surface area contributed by atoms with Crippen molar-refractivity contribution in [3.05, 3.63) is 41.7 Å². The summed E-state index contributed by atoms with van der Waals surface area (Å²) in [6.45, 7) is 0.150. The minimum Gasteiger partial charge on any atom is -0.396 e. The molecule has 0 aliphatic carbocycles. The molecule has 1 N–H and O–H groups in total. The molecule has 1 nitrogen and oxygen atoms in total. The van der Waals surface area contributed by atoms with Crippen LogP contribution in [0.1, 0.15) is 12.0 Å². The van der Waals surface area contributed by atoms with Crippen LogP contribution in [0.15, 0.2) is 30.3 Å². The van der Waals surface area contributed by atoms with Crippen molar-refractivity contribution in [3.8, 4) is 0 Å². The Balaban J connectivity index is 2.58. The molecule has 2 heteroatoms. The van der Waals surface area contributed by atoms with Crippen LogP contribution in [0, 0.1) is 5.82 Å². The number of hydrogen-bond donors (Lipinski definition) is 1. The van der Waals surface area contributed by atoms with Gasteiger partial charge in [0, 0.05) is 6.61 Å². The molecule has 0 radical (unpaired) electrons. The Morgan fingerprint density at radius 2 is 1.92 bits per heavy atom. The van der Waals surface area contributed by atoms with E-state index in [1.54, 1.807) is 12.1 Å². The Labute approximate surface area is 71.2 Å². The van der Waals surface area contributed by atoms with Crippen molar-refractivity contribution >= 4 is 6.08 Å². The average molecular weight is 166 g/mol. The van der Waals surface area contributed by atoms with Gasteiger partial charge in [-0.15, -0.1) is 0 Å². The van der Waals surface area contributed by atoms with Gasteiger partial charge in [0.05, 0.1) is 0 Å². The van der Waals surface area contributed by atoms with Crippen molar-refractivity contribution in [1.29, 1.82) is 0 Å². The fourth-order valence-corrected chi connectivity index (χ4v) is 0.868. The van der Waals surface area contributed by atoms with E-state index in [4.69, 9.17) is 5.11 Å². The van der Waals surface area contributed by atoms with Crippen LogP contribution in [0.3, 0.4) is 0 Å². The van der Waals surface area contributed by atoms with Crippen molar-refractivity contribution < 1.29 is 9.50 Å². The fraction of sp³-hybridized carbons (Fsp3) is 0.200. The molecule has 0 bridgehead atoms. The van der Waals surface area contributed by atoms with Gasteiger partial charge in [0.25, 0.3) is 0 Å². The molecule has 0 saturated carbocycles. The van der Waals surface area contributed by atoms with Crippen LogP contribution in [0.25, 0.3) is 6.08 Å². The first kappa shape index (κ1) is 8.94. The van der Waals surface area contributed by atoms with Crippen LogP contribution in [-0.2, 0) is 0 Å². The second-order valence-corrected chi connectivity index (χ2v) is 2.47. The summed E-state index contributed by atoms with van der Waals surface area (Å²) in [5.41, 5.74) is 0.949. The summed E-state index contributed by atoms with van der Waals surface area (Å²) in [6.07, 6.45) is 4.35.